The fraction of sp³-hybridized carbons (Fsp3) is 0.429. The Morgan fingerprint density at radius 3 is 2.70 bits per heavy atom. The van der Waals surface area contributed by atoms with Crippen LogP contribution in [0.25, 0.3) is 11.4 Å². The van der Waals surface area contributed by atoms with Crippen LogP contribution in [-0.4, -0.2) is 66.0 Å². The van der Waals surface area contributed by atoms with Gasteiger partial charge in [0.2, 0.25) is 11.8 Å². The average Bonchev–Trinajstić information content (AvgIpc) is 3.19. The summed E-state index contributed by atoms with van der Waals surface area (Å²) < 4.78 is 29.2. The van der Waals surface area contributed by atoms with Crippen LogP contribution < -0.4 is 5.32 Å². The quantitative estimate of drug-likeness (QED) is 0.603. The number of tetrazole rings is 1. The van der Waals surface area contributed by atoms with Crippen molar-refractivity contribution in [1.82, 2.24) is 35.1 Å². The molecular weight excluding hydrogens is 454 g/mol. The number of aromatic nitrogens is 6. The molecular formula is C21H23ClF2N8O. The van der Waals surface area contributed by atoms with Gasteiger partial charge >= 0.3 is 0 Å². The Morgan fingerprint density at radius 2 is 2.03 bits per heavy atom. The van der Waals surface area contributed by atoms with Crippen molar-refractivity contribution in [3.05, 3.63) is 46.7 Å². The summed E-state index contributed by atoms with van der Waals surface area (Å²) in [5.41, 5.74) is 1.50. The lowest BCUT2D eigenvalue weighted by Crippen LogP contribution is -2.57. The Morgan fingerprint density at radius 1 is 1.30 bits per heavy atom. The second-order valence-electron chi connectivity index (χ2n) is 8.30. The van der Waals surface area contributed by atoms with Crippen molar-refractivity contribution in [2.24, 2.45) is 13.0 Å². The number of piperidine rings is 1. The van der Waals surface area contributed by atoms with E-state index in [1.165, 1.54) is 22.1 Å². The van der Waals surface area contributed by atoms with E-state index in [1.807, 2.05) is 13.0 Å². The zero-order valence-electron chi connectivity index (χ0n) is 18.3. The van der Waals surface area contributed by atoms with Crippen LogP contribution in [0.3, 0.4) is 0 Å². The van der Waals surface area contributed by atoms with Gasteiger partial charge in [-0.25, -0.2) is 18.7 Å². The highest BCUT2D eigenvalue weighted by molar-refractivity contribution is 6.30. The maximum atomic E-state index is 14.6. The van der Waals surface area contributed by atoms with Gasteiger partial charge in [-0.3, -0.25) is 4.79 Å². The number of nitrogens with zero attached hydrogens (tertiary/aromatic N) is 7. The molecule has 1 aliphatic rings. The molecule has 3 heterocycles. The lowest BCUT2D eigenvalue weighted by molar-refractivity contribution is -0.0897. The Hall–Kier alpha value is -3.21. The molecule has 0 radical (unpaired) electrons. The van der Waals surface area contributed by atoms with Crippen LogP contribution in [0.4, 0.5) is 14.7 Å². The van der Waals surface area contributed by atoms with Crippen molar-refractivity contribution in [1.29, 1.82) is 0 Å². The third-order valence-electron chi connectivity index (χ3n) is 5.58. The first-order valence-corrected chi connectivity index (χ1v) is 10.8. The van der Waals surface area contributed by atoms with Gasteiger partial charge in [-0.05, 0) is 30.2 Å². The highest BCUT2D eigenvalue weighted by atomic mass is 35.5. The molecule has 0 saturated carbocycles. The lowest BCUT2D eigenvalue weighted by Gasteiger charge is -2.43. The first-order chi connectivity index (χ1) is 15.6. The van der Waals surface area contributed by atoms with Crippen molar-refractivity contribution in [3.8, 4) is 11.4 Å². The minimum Gasteiger partial charge on any atom is -0.352 e. The Labute approximate surface area is 194 Å². The van der Waals surface area contributed by atoms with E-state index in [2.05, 4.69) is 30.7 Å². The number of halogens is 3. The van der Waals surface area contributed by atoms with Crippen LogP contribution in [0.2, 0.25) is 5.02 Å². The monoisotopic (exact) mass is 476 g/mol. The molecule has 1 aliphatic heterocycles. The smallest absolute Gasteiger partial charge is 0.265 e. The third kappa shape index (κ3) is 5.08. The van der Waals surface area contributed by atoms with Gasteiger partial charge in [-0.2, -0.15) is 4.80 Å². The number of alkyl halides is 2. The Balaban J connectivity index is 1.67. The number of aryl methyl sites for hydroxylation is 2. The molecule has 0 aliphatic carbocycles. The third-order valence-corrected chi connectivity index (χ3v) is 5.78. The number of nitrogens with one attached hydrogen (secondary N) is 1. The number of rotatable bonds is 5. The number of benzene rings is 1. The van der Waals surface area contributed by atoms with Gasteiger partial charge < -0.3 is 10.2 Å². The van der Waals surface area contributed by atoms with Crippen LogP contribution >= 0.6 is 11.6 Å². The Kier molecular flexibility index (Phi) is 6.24. The SMILES string of the molecule is Cc1ccc(-c2nnn(C)n2)c(C(=O)N2CC(F)(F)C[C@@H](C)C2CNc2ncc(Cl)cn2)c1. The molecule has 1 fully saturated rings. The number of hydrogen-bond donors (Lipinski definition) is 1. The maximum Gasteiger partial charge on any atom is 0.265 e. The summed E-state index contributed by atoms with van der Waals surface area (Å²) >= 11 is 5.82. The van der Waals surface area contributed by atoms with E-state index < -0.39 is 30.3 Å². The minimum atomic E-state index is -3.00. The van der Waals surface area contributed by atoms with Crippen LogP contribution in [0.1, 0.15) is 29.3 Å². The summed E-state index contributed by atoms with van der Waals surface area (Å²) in [6, 6.07) is 4.67. The lowest BCUT2D eigenvalue weighted by atomic mass is 9.87. The van der Waals surface area contributed by atoms with E-state index in [0.717, 1.165) is 5.56 Å². The molecule has 12 heteroatoms. The molecule has 2 aromatic heterocycles. The highest BCUT2D eigenvalue weighted by Crippen LogP contribution is 2.36. The topological polar surface area (TPSA) is 102 Å². The normalized spacial score (nSPS) is 20.0. The molecule has 3 aromatic rings. The molecule has 2 atom stereocenters. The van der Waals surface area contributed by atoms with E-state index in [4.69, 9.17) is 11.6 Å². The van der Waals surface area contributed by atoms with Gasteiger partial charge in [0.25, 0.3) is 11.8 Å². The van der Waals surface area contributed by atoms with Crippen molar-refractivity contribution < 1.29 is 13.6 Å². The first kappa shape index (κ1) is 23.0. The fourth-order valence-electron chi connectivity index (χ4n) is 4.06. The largest absolute Gasteiger partial charge is 0.352 e. The van der Waals surface area contributed by atoms with E-state index in [9.17, 15) is 13.6 Å². The van der Waals surface area contributed by atoms with Crippen molar-refractivity contribution in [2.75, 3.05) is 18.4 Å². The van der Waals surface area contributed by atoms with E-state index in [0.29, 0.717) is 16.5 Å². The number of carbonyl (C=O) groups excluding carboxylic acids is 1. The summed E-state index contributed by atoms with van der Waals surface area (Å²) in [7, 11) is 1.61. The molecule has 1 N–H and O–H groups in total. The molecule has 33 heavy (non-hydrogen) atoms. The highest BCUT2D eigenvalue weighted by Gasteiger charge is 2.46. The molecule has 0 bridgehead atoms. The van der Waals surface area contributed by atoms with Crippen LogP contribution in [-0.2, 0) is 7.05 Å². The summed E-state index contributed by atoms with van der Waals surface area (Å²) in [4.78, 5) is 24.4. The van der Waals surface area contributed by atoms with Gasteiger partial charge in [-0.1, -0.05) is 30.2 Å². The molecule has 0 spiro atoms. The molecule has 9 nitrogen and oxygen atoms in total. The molecule has 174 valence electrons. The van der Waals surface area contributed by atoms with Crippen LogP contribution in [0.5, 0.6) is 0 Å². The van der Waals surface area contributed by atoms with Gasteiger partial charge in [0.1, 0.15) is 0 Å². The summed E-state index contributed by atoms with van der Waals surface area (Å²) in [5.74, 6) is -3.44. The predicted octanol–water partition coefficient (Wildman–Crippen LogP) is 3.23. The predicted molar refractivity (Wildman–Crippen MR) is 118 cm³/mol. The standard InChI is InChI=1S/C21H23ClF2N8O/c1-12-4-5-15(18-28-30-31(3)29-18)16(6-12)19(33)32-11-21(23,24)7-13(2)17(32)10-27-20-25-8-14(22)9-26-20/h4-6,8-9,13,17H,7,10-11H2,1-3H3,(H,25,26,27)/t13-,17?/m1/s1. The number of likely N-dealkylation sites (tertiary alicyclic amines) is 1. The zero-order valence-corrected chi connectivity index (χ0v) is 19.1. The van der Waals surface area contributed by atoms with Gasteiger partial charge in [-0.15, -0.1) is 10.2 Å². The minimum absolute atomic E-state index is 0.204. The van der Waals surface area contributed by atoms with Crippen molar-refractivity contribution in [2.45, 2.75) is 32.2 Å². The number of amides is 1. The number of anilines is 1. The summed E-state index contributed by atoms with van der Waals surface area (Å²) in [6.45, 7) is 3.05. The van der Waals surface area contributed by atoms with Crippen LogP contribution in [0, 0.1) is 12.8 Å². The van der Waals surface area contributed by atoms with E-state index in [1.54, 1.807) is 26.1 Å². The van der Waals surface area contributed by atoms with Crippen molar-refractivity contribution >= 4 is 23.5 Å². The molecule has 1 amide bonds. The Bertz CT molecular complexity index is 1150. The van der Waals surface area contributed by atoms with E-state index in [-0.39, 0.29) is 24.4 Å². The first-order valence-electron chi connectivity index (χ1n) is 10.4. The zero-order chi connectivity index (χ0) is 23.8. The molecule has 1 aromatic carbocycles. The van der Waals surface area contributed by atoms with Gasteiger partial charge in [0.05, 0.1) is 42.6 Å². The van der Waals surface area contributed by atoms with Crippen LogP contribution in [0.15, 0.2) is 30.6 Å². The summed E-state index contributed by atoms with van der Waals surface area (Å²) in [5, 5.41) is 15.4. The number of hydrogen-bond acceptors (Lipinski definition) is 7. The van der Waals surface area contributed by atoms with Gasteiger partial charge in [0, 0.05) is 18.5 Å². The number of carbonyl (C=O) groups is 1. The molecule has 1 unspecified atom stereocenters. The maximum absolute atomic E-state index is 14.6. The van der Waals surface area contributed by atoms with E-state index >= 15 is 0 Å². The fourth-order valence-corrected chi connectivity index (χ4v) is 4.15. The van der Waals surface area contributed by atoms with Crippen molar-refractivity contribution in [3.63, 3.8) is 0 Å². The summed E-state index contributed by atoms with van der Waals surface area (Å²) in [6.07, 6.45) is 2.55. The average molecular weight is 477 g/mol. The second-order valence-corrected chi connectivity index (χ2v) is 8.73. The second kappa shape index (κ2) is 8.97. The molecule has 4 rings (SSSR count). The molecule has 1 saturated heterocycles. The van der Waals surface area contributed by atoms with Gasteiger partial charge in [0.15, 0.2) is 0 Å².